The monoisotopic (exact) mass is 326 g/mol. The number of alkyl halides is 3. The summed E-state index contributed by atoms with van der Waals surface area (Å²) in [6.07, 6.45) is -4.36. The quantitative estimate of drug-likeness (QED) is 0.744. The van der Waals surface area contributed by atoms with Gasteiger partial charge in [0.25, 0.3) is 0 Å². The number of nitrogens with one attached hydrogen (secondary N) is 2. The number of phenolic OH excluding ortho intramolecular Hbond substituents is 1. The molecule has 0 radical (unpaired) electrons. The second-order valence-corrected chi connectivity index (χ2v) is 4.26. The maximum absolute atomic E-state index is 11.8. The Morgan fingerprint density at radius 3 is 2.67 bits per heavy atom. The van der Waals surface area contributed by atoms with Gasteiger partial charge in [0.15, 0.2) is 5.75 Å². The SMILES string of the molecule is O=C(CNCC(F)(F)F)Nc1cccc(Br)c1O. The molecule has 1 amide bonds. The van der Waals surface area contributed by atoms with Crippen molar-refractivity contribution in [1.29, 1.82) is 0 Å². The molecule has 8 heteroatoms. The summed E-state index contributed by atoms with van der Waals surface area (Å²) in [5.41, 5.74) is 0.128. The summed E-state index contributed by atoms with van der Waals surface area (Å²) in [6.45, 7) is -1.74. The lowest BCUT2D eigenvalue weighted by atomic mass is 10.3. The second-order valence-electron chi connectivity index (χ2n) is 3.40. The van der Waals surface area contributed by atoms with Crippen LogP contribution in [0, 0.1) is 0 Å². The fraction of sp³-hybridized carbons (Fsp3) is 0.300. The van der Waals surface area contributed by atoms with Gasteiger partial charge >= 0.3 is 6.18 Å². The highest BCUT2D eigenvalue weighted by Gasteiger charge is 2.26. The van der Waals surface area contributed by atoms with Gasteiger partial charge in [0.1, 0.15) is 0 Å². The minimum Gasteiger partial charge on any atom is -0.505 e. The number of carbonyl (C=O) groups is 1. The molecule has 0 aliphatic heterocycles. The maximum atomic E-state index is 11.8. The lowest BCUT2D eigenvalue weighted by Crippen LogP contribution is -2.35. The molecule has 0 fully saturated rings. The van der Waals surface area contributed by atoms with Crippen molar-refractivity contribution < 1.29 is 23.1 Å². The Bertz CT molecular complexity index is 438. The number of anilines is 1. The van der Waals surface area contributed by atoms with Gasteiger partial charge < -0.3 is 15.7 Å². The van der Waals surface area contributed by atoms with Crippen LogP contribution in [0.4, 0.5) is 18.9 Å². The number of phenols is 1. The van der Waals surface area contributed by atoms with E-state index in [1.165, 1.54) is 6.07 Å². The van der Waals surface area contributed by atoms with Crippen LogP contribution in [0.15, 0.2) is 22.7 Å². The third-order valence-corrected chi connectivity index (χ3v) is 2.51. The number of hydrogen-bond acceptors (Lipinski definition) is 3. The average Bonchev–Trinajstić information content (AvgIpc) is 2.23. The van der Waals surface area contributed by atoms with Crippen LogP contribution in [0.5, 0.6) is 5.75 Å². The molecule has 1 aromatic carbocycles. The van der Waals surface area contributed by atoms with Crippen molar-refractivity contribution in [3.8, 4) is 5.75 Å². The summed E-state index contributed by atoms with van der Waals surface area (Å²) in [7, 11) is 0. The number of para-hydroxylation sites is 1. The Labute approximate surface area is 109 Å². The molecule has 0 aromatic heterocycles. The van der Waals surface area contributed by atoms with Crippen LogP contribution in [0.1, 0.15) is 0 Å². The van der Waals surface area contributed by atoms with E-state index in [4.69, 9.17) is 0 Å². The maximum Gasteiger partial charge on any atom is 0.401 e. The first-order chi connectivity index (χ1) is 8.29. The van der Waals surface area contributed by atoms with Gasteiger partial charge in [0.05, 0.1) is 23.2 Å². The zero-order valence-corrected chi connectivity index (χ0v) is 10.6. The van der Waals surface area contributed by atoms with Gasteiger partial charge in [-0.15, -0.1) is 0 Å². The van der Waals surface area contributed by atoms with E-state index in [2.05, 4.69) is 21.2 Å². The highest BCUT2D eigenvalue weighted by molar-refractivity contribution is 9.10. The Morgan fingerprint density at radius 2 is 2.06 bits per heavy atom. The topological polar surface area (TPSA) is 61.4 Å². The average molecular weight is 327 g/mol. The zero-order chi connectivity index (χ0) is 13.8. The van der Waals surface area contributed by atoms with Crippen LogP contribution in [0.2, 0.25) is 0 Å². The van der Waals surface area contributed by atoms with Crippen molar-refractivity contribution >= 4 is 27.5 Å². The summed E-state index contributed by atoms with van der Waals surface area (Å²) >= 11 is 3.05. The zero-order valence-electron chi connectivity index (χ0n) is 9.01. The van der Waals surface area contributed by atoms with Gasteiger partial charge in [-0.05, 0) is 28.1 Å². The molecule has 0 aliphatic carbocycles. The fourth-order valence-electron chi connectivity index (χ4n) is 1.13. The molecule has 0 saturated carbocycles. The molecule has 0 unspecified atom stereocenters. The number of benzene rings is 1. The van der Waals surface area contributed by atoms with Gasteiger partial charge in [-0.2, -0.15) is 13.2 Å². The third kappa shape index (κ3) is 4.92. The number of carbonyl (C=O) groups excluding carboxylic acids is 1. The number of rotatable bonds is 4. The predicted molar refractivity (Wildman–Crippen MR) is 63.4 cm³/mol. The van der Waals surface area contributed by atoms with Crippen molar-refractivity contribution in [2.75, 3.05) is 18.4 Å². The van der Waals surface area contributed by atoms with Crippen LogP contribution >= 0.6 is 15.9 Å². The van der Waals surface area contributed by atoms with Crippen LogP contribution in [0.3, 0.4) is 0 Å². The first kappa shape index (κ1) is 14.8. The van der Waals surface area contributed by atoms with Gasteiger partial charge in [-0.3, -0.25) is 4.79 Å². The highest BCUT2D eigenvalue weighted by atomic mass is 79.9. The Morgan fingerprint density at radius 1 is 1.39 bits per heavy atom. The first-order valence-electron chi connectivity index (χ1n) is 4.84. The van der Waals surface area contributed by atoms with E-state index >= 15 is 0 Å². The van der Waals surface area contributed by atoms with Crippen LogP contribution < -0.4 is 10.6 Å². The van der Waals surface area contributed by atoms with Gasteiger partial charge in [0.2, 0.25) is 5.91 Å². The molecule has 0 bridgehead atoms. The molecule has 18 heavy (non-hydrogen) atoms. The molecular weight excluding hydrogens is 317 g/mol. The van der Waals surface area contributed by atoms with Gasteiger partial charge in [-0.1, -0.05) is 6.07 Å². The number of hydrogen-bond donors (Lipinski definition) is 3. The molecule has 0 spiro atoms. The van der Waals surface area contributed by atoms with Gasteiger partial charge in [0, 0.05) is 0 Å². The summed E-state index contributed by atoms with van der Waals surface area (Å²) in [5, 5.41) is 13.8. The lowest BCUT2D eigenvalue weighted by Gasteiger charge is -2.10. The van der Waals surface area contributed by atoms with E-state index in [0.717, 1.165) is 0 Å². The van der Waals surface area contributed by atoms with Crippen molar-refractivity contribution in [2.45, 2.75) is 6.18 Å². The molecule has 3 N–H and O–H groups in total. The summed E-state index contributed by atoms with van der Waals surface area (Å²) < 4.78 is 35.8. The molecule has 0 aliphatic rings. The Hall–Kier alpha value is -1.28. The molecule has 0 saturated heterocycles. The normalized spacial score (nSPS) is 11.3. The number of aromatic hydroxyl groups is 1. The molecule has 1 rings (SSSR count). The third-order valence-electron chi connectivity index (χ3n) is 1.87. The lowest BCUT2D eigenvalue weighted by molar-refractivity contribution is -0.126. The van der Waals surface area contributed by atoms with Crippen molar-refractivity contribution in [2.24, 2.45) is 0 Å². The standard InChI is InChI=1S/C10H10BrF3N2O2/c11-6-2-1-3-7(9(6)18)16-8(17)4-15-5-10(12,13)14/h1-3,15,18H,4-5H2,(H,16,17). The Balaban J connectivity index is 2.48. The second kappa shape index (κ2) is 6.05. The smallest absolute Gasteiger partial charge is 0.401 e. The van der Waals surface area contributed by atoms with Gasteiger partial charge in [-0.25, -0.2) is 0 Å². The van der Waals surface area contributed by atoms with Crippen molar-refractivity contribution in [3.63, 3.8) is 0 Å². The fourth-order valence-corrected chi connectivity index (χ4v) is 1.49. The summed E-state index contributed by atoms with van der Waals surface area (Å²) in [5.74, 6) is -0.852. The first-order valence-corrected chi connectivity index (χ1v) is 5.63. The summed E-state index contributed by atoms with van der Waals surface area (Å²) in [6, 6.07) is 4.57. The van der Waals surface area contributed by atoms with E-state index in [0.29, 0.717) is 4.47 Å². The largest absolute Gasteiger partial charge is 0.505 e. The molecular formula is C10H10BrF3N2O2. The number of amides is 1. The molecule has 1 aromatic rings. The highest BCUT2D eigenvalue weighted by Crippen LogP contribution is 2.31. The predicted octanol–water partition coefficient (Wildman–Crippen LogP) is 2.25. The van der Waals surface area contributed by atoms with E-state index in [-0.39, 0.29) is 11.4 Å². The molecule has 4 nitrogen and oxygen atoms in total. The van der Waals surface area contributed by atoms with Crippen LogP contribution in [0.25, 0.3) is 0 Å². The number of halogens is 4. The van der Waals surface area contributed by atoms with E-state index in [9.17, 15) is 23.1 Å². The van der Waals surface area contributed by atoms with Crippen molar-refractivity contribution in [3.05, 3.63) is 22.7 Å². The van der Waals surface area contributed by atoms with E-state index < -0.39 is 25.2 Å². The minimum absolute atomic E-state index is 0.128. The Kier molecular flexibility index (Phi) is 4.97. The minimum atomic E-state index is -4.36. The van der Waals surface area contributed by atoms with Crippen LogP contribution in [-0.2, 0) is 4.79 Å². The summed E-state index contributed by atoms with van der Waals surface area (Å²) in [4.78, 5) is 11.3. The molecule has 100 valence electrons. The van der Waals surface area contributed by atoms with E-state index in [1.54, 1.807) is 12.1 Å². The van der Waals surface area contributed by atoms with Crippen molar-refractivity contribution in [1.82, 2.24) is 5.32 Å². The molecule has 0 atom stereocenters. The van der Waals surface area contributed by atoms with Crippen LogP contribution in [-0.4, -0.2) is 30.3 Å². The molecule has 0 heterocycles. The van der Waals surface area contributed by atoms with E-state index in [1.807, 2.05) is 5.32 Å².